The number of anilines is 1. The number of carbonyl (C=O) groups is 2. The first-order valence-corrected chi connectivity index (χ1v) is 9.59. The van der Waals surface area contributed by atoms with Gasteiger partial charge in [-0.25, -0.2) is 0 Å². The Morgan fingerprint density at radius 3 is 2.13 bits per heavy atom. The summed E-state index contributed by atoms with van der Waals surface area (Å²) in [5, 5.41) is 2.84. The Bertz CT molecular complexity index is 1050. The fraction of sp³-hybridized carbons (Fsp3) is 0.167. The number of carbonyl (C=O) groups excluding carboxylic acids is 2. The van der Waals surface area contributed by atoms with Gasteiger partial charge in [-0.1, -0.05) is 60.7 Å². The van der Waals surface area contributed by atoms with Gasteiger partial charge >= 0.3 is 0 Å². The van der Waals surface area contributed by atoms with Gasteiger partial charge in [-0.3, -0.25) is 9.59 Å². The van der Waals surface area contributed by atoms with Crippen molar-refractivity contribution in [3.63, 3.8) is 0 Å². The summed E-state index contributed by atoms with van der Waals surface area (Å²) in [5.41, 5.74) is 1.89. The topological polar surface area (TPSA) is 73.9 Å². The average Bonchev–Trinajstić information content (AvgIpc) is 2.80. The van der Waals surface area contributed by atoms with Gasteiger partial charge in [0.2, 0.25) is 0 Å². The predicted octanol–water partition coefficient (Wildman–Crippen LogP) is 4.02. The van der Waals surface area contributed by atoms with Gasteiger partial charge in [0.15, 0.2) is 23.4 Å². The number of methoxy groups -OCH3 is 1. The number of hydrogen-bond donors (Lipinski definition) is 1. The van der Waals surface area contributed by atoms with E-state index in [1.165, 1.54) is 7.11 Å². The van der Waals surface area contributed by atoms with Crippen molar-refractivity contribution in [1.29, 1.82) is 0 Å². The Balaban J connectivity index is 1.71. The van der Waals surface area contributed by atoms with Crippen molar-refractivity contribution in [1.82, 2.24) is 0 Å². The summed E-state index contributed by atoms with van der Waals surface area (Å²) in [6, 6.07) is 21.3. The second kappa shape index (κ2) is 8.80. The fourth-order valence-corrected chi connectivity index (χ4v) is 3.35. The zero-order valence-electron chi connectivity index (χ0n) is 16.5. The molecule has 152 valence electrons. The van der Waals surface area contributed by atoms with Crippen molar-refractivity contribution in [3.8, 4) is 11.5 Å². The van der Waals surface area contributed by atoms with Gasteiger partial charge in [0, 0.05) is 18.7 Å². The van der Waals surface area contributed by atoms with Gasteiger partial charge in [0.05, 0.1) is 11.3 Å². The third kappa shape index (κ3) is 4.04. The normalized spacial score (nSPS) is 13.4. The van der Waals surface area contributed by atoms with Gasteiger partial charge in [0.25, 0.3) is 5.91 Å². The van der Waals surface area contributed by atoms with Crippen molar-refractivity contribution >= 4 is 17.4 Å². The molecule has 3 aromatic carbocycles. The van der Waals surface area contributed by atoms with Crippen molar-refractivity contribution in [2.45, 2.75) is 6.10 Å². The lowest BCUT2D eigenvalue weighted by molar-refractivity contribution is -0.126. The quantitative estimate of drug-likeness (QED) is 0.630. The Labute approximate surface area is 174 Å². The monoisotopic (exact) mass is 403 g/mol. The van der Waals surface area contributed by atoms with Gasteiger partial charge in [-0.05, 0) is 11.6 Å². The molecule has 0 radical (unpaired) electrons. The van der Waals surface area contributed by atoms with Crippen LogP contribution in [0.1, 0.15) is 27.6 Å². The van der Waals surface area contributed by atoms with Gasteiger partial charge < -0.3 is 19.5 Å². The zero-order valence-corrected chi connectivity index (χ0v) is 16.5. The third-order valence-corrected chi connectivity index (χ3v) is 4.80. The number of hydrogen-bond acceptors (Lipinski definition) is 5. The van der Waals surface area contributed by atoms with Gasteiger partial charge in [-0.15, -0.1) is 0 Å². The molecule has 0 saturated heterocycles. The van der Waals surface area contributed by atoms with Crippen LogP contribution in [0, 0.1) is 0 Å². The molecule has 0 spiro atoms. The molecular formula is C24H21NO5. The van der Waals surface area contributed by atoms with Crippen LogP contribution >= 0.6 is 0 Å². The maximum atomic E-state index is 13.2. The van der Waals surface area contributed by atoms with Gasteiger partial charge in [-0.2, -0.15) is 0 Å². The molecule has 1 atom stereocenters. The van der Waals surface area contributed by atoms with E-state index in [1.807, 2.05) is 36.4 Å². The van der Waals surface area contributed by atoms with Crippen LogP contribution in [0.4, 0.5) is 5.69 Å². The second-order valence-electron chi connectivity index (χ2n) is 6.75. The number of benzene rings is 3. The number of nitrogens with one attached hydrogen (secondary N) is 1. The first-order chi connectivity index (χ1) is 14.7. The highest BCUT2D eigenvalue weighted by Gasteiger charge is 2.25. The molecule has 0 fully saturated rings. The molecule has 0 unspecified atom stereocenters. The molecule has 0 saturated carbocycles. The highest BCUT2D eigenvalue weighted by Crippen LogP contribution is 2.37. The molecule has 6 nitrogen and oxygen atoms in total. The minimum Gasteiger partial charge on any atom is -0.486 e. The number of rotatable bonds is 6. The molecular weight excluding hydrogens is 382 g/mol. The zero-order chi connectivity index (χ0) is 20.9. The number of amides is 1. The standard InChI is InChI=1S/C24H21NO5/c1-28-23(17-10-6-3-7-11-17)24(27)25-19-15-21-20(29-12-13-30-21)14-18(19)22(26)16-8-4-2-5-9-16/h2-11,14-15,23H,12-13H2,1H3,(H,25,27)/t23-/m1/s1. The number of fused-ring (bicyclic) bond motifs is 1. The van der Waals surface area contributed by atoms with Crippen LogP contribution in [-0.4, -0.2) is 32.0 Å². The molecule has 3 aromatic rings. The van der Waals surface area contributed by atoms with Crippen LogP contribution in [-0.2, 0) is 9.53 Å². The average molecular weight is 403 g/mol. The van der Waals surface area contributed by atoms with E-state index in [4.69, 9.17) is 14.2 Å². The lowest BCUT2D eigenvalue weighted by atomic mass is 10.00. The van der Waals surface area contributed by atoms with E-state index in [2.05, 4.69) is 5.32 Å². The summed E-state index contributed by atoms with van der Waals surface area (Å²) in [4.78, 5) is 26.2. The van der Waals surface area contributed by atoms with Crippen LogP contribution in [0.5, 0.6) is 11.5 Å². The Morgan fingerprint density at radius 1 is 0.900 bits per heavy atom. The highest BCUT2D eigenvalue weighted by molar-refractivity contribution is 6.14. The maximum absolute atomic E-state index is 13.2. The third-order valence-electron chi connectivity index (χ3n) is 4.80. The van der Waals surface area contributed by atoms with E-state index in [-0.39, 0.29) is 11.7 Å². The fourth-order valence-electron chi connectivity index (χ4n) is 3.35. The smallest absolute Gasteiger partial charge is 0.258 e. The van der Waals surface area contributed by atoms with Crippen LogP contribution < -0.4 is 14.8 Å². The molecule has 0 bridgehead atoms. The molecule has 1 heterocycles. The van der Waals surface area contributed by atoms with Crippen LogP contribution in [0.25, 0.3) is 0 Å². The summed E-state index contributed by atoms with van der Waals surface area (Å²) in [6.45, 7) is 0.800. The van der Waals surface area contributed by atoms with Crippen LogP contribution in [0.2, 0.25) is 0 Å². The molecule has 30 heavy (non-hydrogen) atoms. The molecule has 6 heteroatoms. The van der Waals surface area contributed by atoms with Crippen molar-refractivity contribution in [2.75, 3.05) is 25.6 Å². The van der Waals surface area contributed by atoms with E-state index >= 15 is 0 Å². The Hall–Kier alpha value is -3.64. The number of ether oxygens (including phenoxy) is 3. The van der Waals surface area contributed by atoms with Crippen LogP contribution in [0.15, 0.2) is 72.8 Å². The van der Waals surface area contributed by atoms with Crippen molar-refractivity contribution in [3.05, 3.63) is 89.5 Å². The van der Waals surface area contributed by atoms with Crippen molar-refractivity contribution < 1.29 is 23.8 Å². The summed E-state index contributed by atoms with van der Waals surface area (Å²) in [7, 11) is 1.47. The number of ketones is 1. The molecule has 1 N–H and O–H groups in total. The minimum absolute atomic E-state index is 0.225. The van der Waals surface area contributed by atoms with Crippen LogP contribution in [0.3, 0.4) is 0 Å². The van der Waals surface area contributed by atoms with E-state index in [0.717, 1.165) is 0 Å². The Kier molecular flexibility index (Phi) is 5.77. The summed E-state index contributed by atoms with van der Waals surface area (Å²) < 4.78 is 16.7. The summed E-state index contributed by atoms with van der Waals surface area (Å²) in [6.07, 6.45) is -0.820. The molecule has 0 aliphatic carbocycles. The summed E-state index contributed by atoms with van der Waals surface area (Å²) >= 11 is 0. The van der Waals surface area contributed by atoms with E-state index in [1.54, 1.807) is 36.4 Å². The van der Waals surface area contributed by atoms with E-state index in [9.17, 15) is 9.59 Å². The molecule has 1 aliphatic heterocycles. The highest BCUT2D eigenvalue weighted by atomic mass is 16.6. The summed E-state index contributed by atoms with van der Waals surface area (Å²) in [5.74, 6) is 0.346. The van der Waals surface area contributed by atoms with E-state index < -0.39 is 6.10 Å². The first kappa shape index (κ1) is 19.7. The van der Waals surface area contributed by atoms with Gasteiger partial charge in [0.1, 0.15) is 13.2 Å². The van der Waals surface area contributed by atoms with Crippen molar-refractivity contribution in [2.24, 2.45) is 0 Å². The largest absolute Gasteiger partial charge is 0.486 e. The minimum atomic E-state index is -0.820. The Morgan fingerprint density at radius 2 is 1.50 bits per heavy atom. The first-order valence-electron chi connectivity index (χ1n) is 9.59. The maximum Gasteiger partial charge on any atom is 0.258 e. The predicted molar refractivity (Wildman–Crippen MR) is 112 cm³/mol. The lowest BCUT2D eigenvalue weighted by Crippen LogP contribution is -2.24. The second-order valence-corrected chi connectivity index (χ2v) is 6.75. The van der Waals surface area contributed by atoms with E-state index in [0.29, 0.717) is 47.1 Å². The molecule has 1 amide bonds. The SMILES string of the molecule is CO[C@@H](C(=O)Nc1cc2c(cc1C(=O)c1ccccc1)OCCO2)c1ccccc1. The lowest BCUT2D eigenvalue weighted by Gasteiger charge is -2.22. The molecule has 1 aliphatic rings. The molecule has 4 rings (SSSR count). The molecule has 0 aromatic heterocycles.